The van der Waals surface area contributed by atoms with Crippen LogP contribution in [0.3, 0.4) is 0 Å². The van der Waals surface area contributed by atoms with Crippen LogP contribution >= 0.6 is 31.9 Å². The van der Waals surface area contributed by atoms with E-state index >= 15 is 0 Å². The minimum absolute atomic E-state index is 0.0661. The zero-order chi connectivity index (χ0) is 16.8. The fraction of sp³-hybridized carbons (Fsp3) is 0.125. The molecular weight excluding hydrogens is 428 g/mol. The predicted molar refractivity (Wildman–Crippen MR) is 95.9 cm³/mol. The van der Waals surface area contributed by atoms with Gasteiger partial charge in [-0.2, -0.15) is 5.10 Å². The highest BCUT2D eigenvalue weighted by molar-refractivity contribution is 9.13. The molecule has 2 rings (SSSR count). The van der Waals surface area contributed by atoms with E-state index in [-0.39, 0.29) is 18.1 Å². The van der Waals surface area contributed by atoms with Gasteiger partial charge in [-0.1, -0.05) is 30.3 Å². The van der Waals surface area contributed by atoms with Crippen molar-refractivity contribution >= 4 is 44.0 Å². The van der Waals surface area contributed by atoms with Gasteiger partial charge in [0.1, 0.15) is 0 Å². The lowest BCUT2D eigenvalue weighted by molar-refractivity contribution is -0.120. The lowest BCUT2D eigenvalue weighted by Gasteiger charge is -2.09. The molecule has 7 heteroatoms. The van der Waals surface area contributed by atoms with Crippen LogP contribution in [0.1, 0.15) is 11.1 Å². The van der Waals surface area contributed by atoms with Crippen LogP contribution in [0.25, 0.3) is 0 Å². The van der Waals surface area contributed by atoms with Gasteiger partial charge in [-0.05, 0) is 43.5 Å². The van der Waals surface area contributed by atoms with E-state index in [1.807, 2.05) is 30.3 Å². The Morgan fingerprint density at radius 2 is 2.04 bits per heavy atom. The van der Waals surface area contributed by atoms with Gasteiger partial charge in [0.15, 0.2) is 11.5 Å². The van der Waals surface area contributed by atoms with Crippen LogP contribution in [0.4, 0.5) is 0 Å². The molecule has 0 aromatic heterocycles. The van der Waals surface area contributed by atoms with Crippen molar-refractivity contribution in [2.24, 2.45) is 5.10 Å². The zero-order valence-corrected chi connectivity index (χ0v) is 15.4. The van der Waals surface area contributed by atoms with Gasteiger partial charge in [-0.25, -0.2) is 5.43 Å². The number of aromatic hydroxyl groups is 1. The third-order valence-corrected chi connectivity index (χ3v) is 5.01. The Bertz CT molecular complexity index is 734. The summed E-state index contributed by atoms with van der Waals surface area (Å²) in [6.45, 7) is 0. The maximum Gasteiger partial charge on any atom is 0.244 e. The summed E-state index contributed by atoms with van der Waals surface area (Å²) in [6, 6.07) is 11.0. The molecule has 1 amide bonds. The van der Waals surface area contributed by atoms with E-state index in [1.54, 1.807) is 6.07 Å². The Balaban J connectivity index is 2.09. The summed E-state index contributed by atoms with van der Waals surface area (Å²) in [6.07, 6.45) is 1.59. The average Bonchev–Trinajstić information content (AvgIpc) is 2.55. The summed E-state index contributed by atoms with van der Waals surface area (Å²) >= 11 is 6.70. The molecule has 0 radical (unpaired) electrons. The number of halogens is 2. The van der Waals surface area contributed by atoms with Crippen molar-refractivity contribution in [3.63, 3.8) is 0 Å². The molecule has 0 saturated carbocycles. The molecule has 0 spiro atoms. The number of carbonyl (C=O) groups excluding carboxylic acids is 1. The molecule has 0 unspecified atom stereocenters. The normalized spacial score (nSPS) is 10.7. The number of hydrazone groups is 1. The summed E-state index contributed by atoms with van der Waals surface area (Å²) in [4.78, 5) is 11.8. The van der Waals surface area contributed by atoms with E-state index in [9.17, 15) is 9.90 Å². The van der Waals surface area contributed by atoms with E-state index in [0.717, 1.165) is 5.56 Å². The van der Waals surface area contributed by atoms with Crippen LogP contribution in [0.5, 0.6) is 11.5 Å². The third kappa shape index (κ3) is 4.56. The molecule has 0 heterocycles. The number of benzene rings is 2. The second-order valence-corrected chi connectivity index (χ2v) is 6.24. The van der Waals surface area contributed by atoms with Crippen LogP contribution in [-0.2, 0) is 11.2 Å². The van der Waals surface area contributed by atoms with Crippen molar-refractivity contribution < 1.29 is 14.6 Å². The second kappa shape index (κ2) is 8.12. The number of amides is 1. The highest BCUT2D eigenvalue weighted by Gasteiger charge is 2.14. The maximum absolute atomic E-state index is 11.8. The van der Waals surface area contributed by atoms with Crippen molar-refractivity contribution in [3.05, 3.63) is 56.5 Å². The number of nitrogens with zero attached hydrogens (tertiary/aromatic N) is 1. The quantitative estimate of drug-likeness (QED) is 0.549. The van der Waals surface area contributed by atoms with Gasteiger partial charge >= 0.3 is 0 Å². The number of phenolic OH excluding ortho intramolecular Hbond substituents is 1. The van der Waals surface area contributed by atoms with Gasteiger partial charge in [0.05, 0.1) is 25.3 Å². The molecule has 0 aliphatic rings. The summed E-state index contributed by atoms with van der Waals surface area (Å²) in [7, 11) is 1.46. The highest BCUT2D eigenvalue weighted by Crippen LogP contribution is 2.39. The molecule has 2 aromatic rings. The van der Waals surface area contributed by atoms with Crippen LogP contribution in [0.2, 0.25) is 0 Å². The molecule has 5 nitrogen and oxygen atoms in total. The summed E-state index contributed by atoms with van der Waals surface area (Å²) in [5.41, 5.74) is 3.73. The zero-order valence-electron chi connectivity index (χ0n) is 12.2. The largest absolute Gasteiger partial charge is 0.504 e. The minimum Gasteiger partial charge on any atom is -0.504 e. The molecule has 120 valence electrons. The van der Waals surface area contributed by atoms with Crippen molar-refractivity contribution in [3.8, 4) is 11.5 Å². The van der Waals surface area contributed by atoms with E-state index in [4.69, 9.17) is 4.74 Å². The van der Waals surface area contributed by atoms with Crippen molar-refractivity contribution in [1.82, 2.24) is 5.43 Å². The number of hydrogen-bond acceptors (Lipinski definition) is 4. The van der Waals surface area contributed by atoms with Crippen molar-refractivity contribution in [1.29, 1.82) is 0 Å². The molecule has 0 bridgehead atoms. The third-order valence-electron chi connectivity index (χ3n) is 3.00. The second-order valence-electron chi connectivity index (χ2n) is 4.59. The molecule has 0 atom stereocenters. The maximum atomic E-state index is 11.8. The number of ether oxygens (including phenoxy) is 1. The molecule has 0 aliphatic carbocycles. The number of carbonyl (C=O) groups is 1. The smallest absolute Gasteiger partial charge is 0.244 e. The molecule has 0 aliphatic heterocycles. The standard InChI is InChI=1S/C16H14Br2N2O3/c1-23-13-8-12(17)15(18)11(16(13)22)9-19-20-14(21)7-10-5-3-2-4-6-10/h2-6,8-9,22H,7H2,1H3,(H,20,21). The molecular formula is C16H14Br2N2O3. The lowest BCUT2D eigenvalue weighted by Crippen LogP contribution is -2.19. The first-order chi connectivity index (χ1) is 11.0. The number of rotatable bonds is 5. The van der Waals surface area contributed by atoms with Gasteiger partial charge in [0, 0.05) is 8.95 Å². The fourth-order valence-electron chi connectivity index (χ4n) is 1.88. The van der Waals surface area contributed by atoms with Crippen LogP contribution in [-0.4, -0.2) is 24.3 Å². The molecule has 2 aromatic carbocycles. The molecule has 0 saturated heterocycles. The SMILES string of the molecule is COc1cc(Br)c(Br)c(C=NNC(=O)Cc2ccccc2)c1O. The van der Waals surface area contributed by atoms with E-state index in [0.29, 0.717) is 20.3 Å². The molecule has 23 heavy (non-hydrogen) atoms. The Morgan fingerprint density at radius 1 is 1.35 bits per heavy atom. The molecule has 2 N–H and O–H groups in total. The van der Waals surface area contributed by atoms with Crippen LogP contribution in [0.15, 0.2) is 50.4 Å². The van der Waals surface area contributed by atoms with Crippen LogP contribution in [0, 0.1) is 0 Å². The monoisotopic (exact) mass is 440 g/mol. The summed E-state index contributed by atoms with van der Waals surface area (Å²) in [5.74, 6) is -0.00852. The number of nitrogens with one attached hydrogen (secondary N) is 1. The van der Waals surface area contributed by atoms with Crippen LogP contribution < -0.4 is 10.2 Å². The summed E-state index contributed by atoms with van der Waals surface area (Å²) in [5, 5.41) is 14.0. The van der Waals surface area contributed by atoms with Gasteiger partial charge < -0.3 is 9.84 Å². The summed E-state index contributed by atoms with van der Waals surface area (Å²) < 4.78 is 6.38. The fourth-order valence-corrected chi connectivity index (χ4v) is 2.70. The topological polar surface area (TPSA) is 70.9 Å². The predicted octanol–water partition coefficient (Wildman–Crippen LogP) is 3.62. The Morgan fingerprint density at radius 3 is 2.70 bits per heavy atom. The first-order valence-electron chi connectivity index (χ1n) is 6.63. The molecule has 0 fully saturated rings. The number of hydrogen-bond donors (Lipinski definition) is 2. The van der Waals surface area contributed by atoms with Gasteiger partial charge in [-0.15, -0.1) is 0 Å². The van der Waals surface area contributed by atoms with E-state index in [1.165, 1.54) is 13.3 Å². The van der Waals surface area contributed by atoms with E-state index < -0.39 is 0 Å². The first-order valence-corrected chi connectivity index (χ1v) is 8.22. The lowest BCUT2D eigenvalue weighted by atomic mass is 10.1. The number of phenols is 1. The highest BCUT2D eigenvalue weighted by atomic mass is 79.9. The average molecular weight is 442 g/mol. The van der Waals surface area contributed by atoms with Gasteiger partial charge in [0.2, 0.25) is 5.91 Å². The Labute approximate surface area is 150 Å². The van der Waals surface area contributed by atoms with Crippen molar-refractivity contribution in [2.45, 2.75) is 6.42 Å². The Kier molecular flexibility index (Phi) is 6.18. The number of methoxy groups -OCH3 is 1. The Hall–Kier alpha value is -1.86. The van der Waals surface area contributed by atoms with E-state index in [2.05, 4.69) is 42.4 Å². The minimum atomic E-state index is -0.245. The van der Waals surface area contributed by atoms with Gasteiger partial charge in [-0.3, -0.25) is 4.79 Å². The first kappa shape index (κ1) is 17.5. The van der Waals surface area contributed by atoms with Gasteiger partial charge in [0.25, 0.3) is 0 Å². The van der Waals surface area contributed by atoms with Crippen molar-refractivity contribution in [2.75, 3.05) is 7.11 Å².